The van der Waals surface area contributed by atoms with Crippen molar-refractivity contribution in [3.63, 3.8) is 0 Å². The summed E-state index contributed by atoms with van der Waals surface area (Å²) in [6.45, 7) is 4.08. The maximum absolute atomic E-state index is 10.7. The summed E-state index contributed by atoms with van der Waals surface area (Å²) in [6, 6.07) is 6.12. The minimum absolute atomic E-state index is 0.270. The Balaban J connectivity index is 1.54. The highest BCUT2D eigenvalue weighted by Crippen LogP contribution is 2.49. The first-order chi connectivity index (χ1) is 13.0. The summed E-state index contributed by atoms with van der Waals surface area (Å²) in [7, 11) is 0. The molecular formula is C23H32ClNO2. The number of carbonyl (C=O) groups is 1. The Morgan fingerprint density at radius 2 is 2.00 bits per heavy atom. The van der Waals surface area contributed by atoms with Crippen LogP contribution in [0.3, 0.4) is 0 Å². The number of unbranched alkanes of at least 4 members (excludes halogenated alkanes) is 1. The fourth-order valence-corrected chi connectivity index (χ4v) is 5.31. The lowest BCUT2D eigenvalue weighted by atomic mass is 9.58. The van der Waals surface area contributed by atoms with E-state index in [4.69, 9.17) is 16.7 Å². The standard InChI is InChI=1S/C23H32ClNO2/c1-16-13-20(24)12-11-19(16)14-25-15-22-18-9-7-17(8-10-18)21(22)5-3-2-4-6-23(26)27/h3,5,11-13,17-18,21-22,25H,2,4,6-10,14-15H2,1H3,(H,26,27)/b5-3-/t17?,18?,21-,22-/m0/s1. The lowest BCUT2D eigenvalue weighted by Gasteiger charge is -2.48. The third kappa shape index (κ3) is 5.58. The van der Waals surface area contributed by atoms with Gasteiger partial charge in [-0.2, -0.15) is 0 Å². The minimum atomic E-state index is -0.695. The third-order valence-corrected chi connectivity index (χ3v) is 6.82. The summed E-state index contributed by atoms with van der Waals surface area (Å²) < 4.78 is 0. The van der Waals surface area contributed by atoms with Gasteiger partial charge in [-0.25, -0.2) is 0 Å². The van der Waals surface area contributed by atoms with Crippen molar-refractivity contribution in [2.45, 2.75) is 58.4 Å². The first-order valence-corrected chi connectivity index (χ1v) is 10.8. The Morgan fingerprint density at radius 1 is 1.26 bits per heavy atom. The second kappa shape index (κ2) is 9.75. The molecule has 0 saturated heterocycles. The lowest BCUT2D eigenvalue weighted by molar-refractivity contribution is -0.137. The molecule has 3 aliphatic rings. The highest BCUT2D eigenvalue weighted by Gasteiger charge is 2.41. The van der Waals surface area contributed by atoms with E-state index in [1.165, 1.54) is 36.8 Å². The Kier molecular flexibility index (Phi) is 7.37. The van der Waals surface area contributed by atoms with Crippen LogP contribution in [0, 0.1) is 30.6 Å². The van der Waals surface area contributed by atoms with Crippen molar-refractivity contribution in [3.8, 4) is 0 Å². The predicted octanol–water partition coefficient (Wildman–Crippen LogP) is 5.60. The number of allylic oxidation sites excluding steroid dienone is 2. The molecule has 4 rings (SSSR count). The highest BCUT2D eigenvalue weighted by atomic mass is 35.5. The van der Waals surface area contributed by atoms with Crippen LogP contribution in [0.4, 0.5) is 0 Å². The fourth-order valence-electron chi connectivity index (χ4n) is 5.08. The van der Waals surface area contributed by atoms with E-state index in [-0.39, 0.29) is 6.42 Å². The molecule has 3 nitrogen and oxygen atoms in total. The second-order valence-corrected chi connectivity index (χ2v) is 8.77. The first-order valence-electron chi connectivity index (χ1n) is 10.4. The number of nitrogens with one attached hydrogen (secondary N) is 1. The number of aryl methyl sites for hydroxylation is 1. The van der Waals surface area contributed by atoms with Gasteiger partial charge >= 0.3 is 5.97 Å². The van der Waals surface area contributed by atoms with Crippen molar-refractivity contribution in [1.82, 2.24) is 5.32 Å². The molecule has 3 saturated carbocycles. The van der Waals surface area contributed by atoms with E-state index < -0.39 is 5.97 Å². The van der Waals surface area contributed by atoms with Crippen molar-refractivity contribution >= 4 is 17.6 Å². The van der Waals surface area contributed by atoms with Gasteiger partial charge in [-0.15, -0.1) is 0 Å². The zero-order chi connectivity index (χ0) is 19.2. The molecule has 2 atom stereocenters. The number of halogens is 1. The van der Waals surface area contributed by atoms with E-state index >= 15 is 0 Å². The Bertz CT molecular complexity index is 664. The van der Waals surface area contributed by atoms with Crippen molar-refractivity contribution < 1.29 is 9.90 Å². The summed E-state index contributed by atoms with van der Waals surface area (Å²) >= 11 is 6.06. The molecular weight excluding hydrogens is 358 g/mol. The molecule has 0 aliphatic heterocycles. The van der Waals surface area contributed by atoms with E-state index in [0.29, 0.717) is 11.8 Å². The molecule has 0 amide bonds. The number of carboxylic acid groups (broad SMARTS) is 1. The van der Waals surface area contributed by atoms with Gasteiger partial charge in [-0.05, 0) is 98.9 Å². The van der Waals surface area contributed by atoms with E-state index in [0.717, 1.165) is 42.8 Å². The molecule has 2 bridgehead atoms. The van der Waals surface area contributed by atoms with E-state index in [9.17, 15) is 4.79 Å². The molecule has 4 heteroatoms. The first kappa shape index (κ1) is 20.4. The van der Waals surface area contributed by atoms with E-state index in [1.54, 1.807) is 0 Å². The summed E-state index contributed by atoms with van der Waals surface area (Å²) in [5.41, 5.74) is 2.57. The van der Waals surface area contributed by atoms with E-state index in [1.807, 2.05) is 12.1 Å². The van der Waals surface area contributed by atoms with Gasteiger partial charge < -0.3 is 10.4 Å². The van der Waals surface area contributed by atoms with Crippen LogP contribution < -0.4 is 5.32 Å². The number of hydrogen-bond acceptors (Lipinski definition) is 2. The zero-order valence-electron chi connectivity index (χ0n) is 16.3. The van der Waals surface area contributed by atoms with Crippen LogP contribution in [0.2, 0.25) is 5.02 Å². The van der Waals surface area contributed by atoms with Crippen LogP contribution >= 0.6 is 11.6 Å². The lowest BCUT2D eigenvalue weighted by Crippen LogP contribution is -2.43. The molecule has 3 fully saturated rings. The Morgan fingerprint density at radius 3 is 2.70 bits per heavy atom. The molecule has 1 aromatic carbocycles. The molecule has 148 valence electrons. The average molecular weight is 390 g/mol. The van der Waals surface area contributed by atoms with Crippen LogP contribution in [-0.4, -0.2) is 17.6 Å². The fraction of sp³-hybridized carbons (Fsp3) is 0.609. The van der Waals surface area contributed by atoms with Gasteiger partial charge in [-0.3, -0.25) is 4.79 Å². The highest BCUT2D eigenvalue weighted by molar-refractivity contribution is 6.30. The van der Waals surface area contributed by atoms with Gasteiger partial charge in [0.05, 0.1) is 0 Å². The molecule has 0 spiro atoms. The van der Waals surface area contributed by atoms with Crippen molar-refractivity contribution in [3.05, 3.63) is 46.5 Å². The minimum Gasteiger partial charge on any atom is -0.481 e. The Labute approximate surface area is 168 Å². The number of fused-ring (bicyclic) bond motifs is 3. The number of hydrogen-bond donors (Lipinski definition) is 2. The maximum Gasteiger partial charge on any atom is 0.303 e. The average Bonchev–Trinajstić information content (AvgIpc) is 2.64. The molecule has 0 heterocycles. The summed E-state index contributed by atoms with van der Waals surface area (Å²) in [5.74, 6) is 2.32. The smallest absolute Gasteiger partial charge is 0.303 e. The molecule has 0 radical (unpaired) electrons. The number of aliphatic carboxylic acids is 1. The van der Waals surface area contributed by atoms with Gasteiger partial charge in [0.1, 0.15) is 0 Å². The van der Waals surface area contributed by atoms with Gasteiger partial charge in [0.15, 0.2) is 0 Å². The largest absolute Gasteiger partial charge is 0.481 e. The quantitative estimate of drug-likeness (QED) is 0.426. The van der Waals surface area contributed by atoms with Gasteiger partial charge in [0.25, 0.3) is 0 Å². The third-order valence-electron chi connectivity index (χ3n) is 6.58. The van der Waals surface area contributed by atoms with Crippen molar-refractivity contribution in [1.29, 1.82) is 0 Å². The predicted molar refractivity (Wildman–Crippen MR) is 111 cm³/mol. The summed E-state index contributed by atoms with van der Waals surface area (Å²) in [4.78, 5) is 10.7. The van der Waals surface area contributed by atoms with E-state index in [2.05, 4.69) is 30.5 Å². The van der Waals surface area contributed by atoms with Crippen molar-refractivity contribution in [2.75, 3.05) is 6.54 Å². The molecule has 2 N–H and O–H groups in total. The monoisotopic (exact) mass is 389 g/mol. The van der Waals surface area contributed by atoms with Gasteiger partial charge in [-0.1, -0.05) is 29.8 Å². The van der Waals surface area contributed by atoms with Crippen LogP contribution in [-0.2, 0) is 11.3 Å². The SMILES string of the molecule is Cc1cc(Cl)ccc1CNC[C@H]1C2CCC(CC2)[C@@H]1/C=C\CCCC(=O)O. The number of rotatable bonds is 9. The van der Waals surface area contributed by atoms with Gasteiger partial charge in [0, 0.05) is 18.0 Å². The molecule has 1 aromatic rings. The van der Waals surface area contributed by atoms with Crippen LogP contribution in [0.5, 0.6) is 0 Å². The summed E-state index contributed by atoms with van der Waals surface area (Å²) in [6.07, 6.45) is 12.0. The maximum atomic E-state index is 10.7. The summed E-state index contributed by atoms with van der Waals surface area (Å²) in [5, 5.41) is 13.3. The number of benzene rings is 1. The molecule has 0 unspecified atom stereocenters. The van der Waals surface area contributed by atoms with Crippen molar-refractivity contribution in [2.24, 2.45) is 23.7 Å². The number of carboxylic acids is 1. The normalized spacial score (nSPS) is 27.3. The Hall–Kier alpha value is -1.32. The molecule has 3 aliphatic carbocycles. The molecule has 27 heavy (non-hydrogen) atoms. The van der Waals surface area contributed by atoms with Crippen LogP contribution in [0.15, 0.2) is 30.4 Å². The van der Waals surface area contributed by atoms with Crippen LogP contribution in [0.1, 0.15) is 56.1 Å². The topological polar surface area (TPSA) is 49.3 Å². The van der Waals surface area contributed by atoms with Gasteiger partial charge in [0.2, 0.25) is 0 Å². The molecule has 0 aromatic heterocycles. The van der Waals surface area contributed by atoms with Crippen LogP contribution in [0.25, 0.3) is 0 Å². The second-order valence-electron chi connectivity index (χ2n) is 8.33. The zero-order valence-corrected chi connectivity index (χ0v) is 17.0.